The third-order valence-corrected chi connectivity index (χ3v) is 2.44. The number of benzene rings is 1. The highest BCUT2D eigenvalue weighted by Crippen LogP contribution is 2.21. The molecule has 3 nitrogen and oxygen atoms in total. The van der Waals surface area contributed by atoms with Crippen molar-refractivity contribution in [1.29, 1.82) is 0 Å². The summed E-state index contributed by atoms with van der Waals surface area (Å²) in [6, 6.07) is 7.72. The zero-order valence-corrected chi connectivity index (χ0v) is 8.77. The van der Waals surface area contributed by atoms with Gasteiger partial charge in [-0.25, -0.2) is 4.39 Å². The lowest BCUT2D eigenvalue weighted by atomic mass is 10.1. The Balaban J connectivity index is 2.55. The summed E-state index contributed by atoms with van der Waals surface area (Å²) in [7, 11) is 1.66. The van der Waals surface area contributed by atoms with E-state index in [0.29, 0.717) is 11.1 Å². The molecule has 0 aliphatic heterocycles. The third-order valence-electron chi connectivity index (χ3n) is 2.44. The fourth-order valence-electron chi connectivity index (χ4n) is 1.43. The molecule has 1 aromatic heterocycles. The molecule has 0 bridgehead atoms. The summed E-state index contributed by atoms with van der Waals surface area (Å²) in [5.41, 5.74) is 6.68. The van der Waals surface area contributed by atoms with Crippen LogP contribution >= 0.6 is 0 Å². The molecular weight excluding hydrogens is 207 g/mol. The van der Waals surface area contributed by atoms with Gasteiger partial charge in [0.15, 0.2) is 0 Å². The molecule has 2 N–H and O–H groups in total. The van der Waals surface area contributed by atoms with E-state index in [1.54, 1.807) is 25.4 Å². The topological polar surface area (TPSA) is 48.0 Å². The molecular formula is C12H11FN2O. The molecule has 0 spiro atoms. The molecule has 1 heterocycles. The highest BCUT2D eigenvalue weighted by Gasteiger charge is 2.03. The van der Waals surface area contributed by atoms with Crippen LogP contribution in [0.15, 0.2) is 41.3 Å². The smallest absolute Gasteiger partial charge is 0.250 e. The highest BCUT2D eigenvalue weighted by molar-refractivity contribution is 5.65. The van der Waals surface area contributed by atoms with Gasteiger partial charge in [-0.05, 0) is 29.3 Å². The van der Waals surface area contributed by atoms with Crippen LogP contribution in [0.25, 0.3) is 11.1 Å². The molecule has 0 unspecified atom stereocenters. The molecule has 4 heteroatoms. The number of halogens is 1. The van der Waals surface area contributed by atoms with Gasteiger partial charge in [0.05, 0.1) is 5.69 Å². The van der Waals surface area contributed by atoms with E-state index in [1.165, 1.54) is 22.8 Å². The van der Waals surface area contributed by atoms with E-state index in [4.69, 9.17) is 5.73 Å². The number of rotatable bonds is 1. The molecule has 2 rings (SSSR count). The molecule has 0 aliphatic carbocycles. The van der Waals surface area contributed by atoms with E-state index in [-0.39, 0.29) is 11.2 Å². The summed E-state index contributed by atoms with van der Waals surface area (Å²) in [5, 5.41) is 0. The first-order valence-corrected chi connectivity index (χ1v) is 4.80. The van der Waals surface area contributed by atoms with Crippen molar-refractivity contribution in [2.45, 2.75) is 0 Å². The lowest BCUT2D eigenvalue weighted by Crippen LogP contribution is -2.14. The number of pyridine rings is 1. The predicted molar refractivity (Wildman–Crippen MR) is 61.5 cm³/mol. The Morgan fingerprint density at radius 2 is 1.88 bits per heavy atom. The quantitative estimate of drug-likeness (QED) is 0.741. The predicted octanol–water partition coefficient (Wildman–Crippen LogP) is 1.77. The maximum absolute atomic E-state index is 13.2. The first-order valence-electron chi connectivity index (χ1n) is 4.80. The fraction of sp³-hybridized carbons (Fsp3) is 0.0833. The lowest BCUT2D eigenvalue weighted by molar-refractivity contribution is 0.633. The van der Waals surface area contributed by atoms with Gasteiger partial charge in [-0.1, -0.05) is 6.07 Å². The number of hydrogen-bond acceptors (Lipinski definition) is 2. The Kier molecular flexibility index (Phi) is 2.48. The molecule has 2 aromatic rings. The molecule has 16 heavy (non-hydrogen) atoms. The van der Waals surface area contributed by atoms with Crippen LogP contribution in [0.1, 0.15) is 0 Å². The monoisotopic (exact) mass is 218 g/mol. The van der Waals surface area contributed by atoms with Crippen molar-refractivity contribution in [1.82, 2.24) is 4.57 Å². The zero-order valence-electron chi connectivity index (χ0n) is 8.77. The van der Waals surface area contributed by atoms with Crippen molar-refractivity contribution in [3.8, 4) is 11.1 Å². The number of hydrogen-bond donors (Lipinski definition) is 1. The van der Waals surface area contributed by atoms with Gasteiger partial charge in [0, 0.05) is 19.3 Å². The Morgan fingerprint density at radius 3 is 2.50 bits per heavy atom. The van der Waals surface area contributed by atoms with Crippen LogP contribution < -0.4 is 11.3 Å². The van der Waals surface area contributed by atoms with Gasteiger partial charge in [-0.2, -0.15) is 0 Å². The largest absolute Gasteiger partial charge is 0.396 e. The third kappa shape index (κ3) is 1.82. The number of aromatic nitrogens is 1. The van der Waals surface area contributed by atoms with Crippen molar-refractivity contribution in [2.24, 2.45) is 7.05 Å². The first kappa shape index (κ1) is 10.4. The van der Waals surface area contributed by atoms with Crippen LogP contribution in [0.2, 0.25) is 0 Å². The van der Waals surface area contributed by atoms with Gasteiger partial charge in [0.2, 0.25) is 0 Å². The molecule has 0 aliphatic rings. The van der Waals surface area contributed by atoms with Gasteiger partial charge < -0.3 is 10.3 Å². The van der Waals surface area contributed by atoms with Crippen molar-refractivity contribution in [3.05, 3.63) is 52.7 Å². The highest BCUT2D eigenvalue weighted by atomic mass is 19.1. The van der Waals surface area contributed by atoms with E-state index in [1.807, 2.05) is 0 Å². The summed E-state index contributed by atoms with van der Waals surface area (Å²) >= 11 is 0. The summed E-state index contributed by atoms with van der Waals surface area (Å²) in [4.78, 5) is 11.4. The molecule has 82 valence electrons. The number of nitrogens with two attached hydrogens (primary N) is 1. The Labute approximate surface area is 92.0 Å². The summed E-state index contributed by atoms with van der Waals surface area (Å²) in [6.07, 6.45) is 1.64. The number of aryl methyl sites for hydroxylation is 1. The minimum Gasteiger partial charge on any atom is -0.396 e. The fourth-order valence-corrected chi connectivity index (χ4v) is 1.43. The van der Waals surface area contributed by atoms with Crippen LogP contribution in [0, 0.1) is 5.82 Å². The van der Waals surface area contributed by atoms with Gasteiger partial charge >= 0.3 is 0 Å². The number of nitrogen functional groups attached to an aromatic ring is 1. The lowest BCUT2D eigenvalue weighted by Gasteiger charge is -2.04. The summed E-state index contributed by atoms with van der Waals surface area (Å²) < 4.78 is 14.7. The normalized spacial score (nSPS) is 10.4. The molecule has 1 aromatic carbocycles. The second-order valence-electron chi connectivity index (χ2n) is 3.60. The van der Waals surface area contributed by atoms with Crippen molar-refractivity contribution in [3.63, 3.8) is 0 Å². The summed E-state index contributed by atoms with van der Waals surface area (Å²) in [5.74, 6) is -0.474. The zero-order chi connectivity index (χ0) is 11.7. The Morgan fingerprint density at radius 1 is 1.19 bits per heavy atom. The van der Waals surface area contributed by atoms with E-state index in [9.17, 15) is 9.18 Å². The second-order valence-corrected chi connectivity index (χ2v) is 3.60. The number of nitrogens with zero attached hydrogens (tertiary/aromatic N) is 1. The molecule has 0 fully saturated rings. The molecule has 0 radical (unpaired) electrons. The molecule has 0 amide bonds. The standard InChI is InChI=1S/C12H11FN2O/c1-15-5-4-9(7-12(15)16)8-2-3-11(14)10(13)6-8/h2-7H,14H2,1H3. The molecule has 0 atom stereocenters. The van der Waals surface area contributed by atoms with E-state index in [0.717, 1.165) is 0 Å². The number of anilines is 1. The molecule has 0 saturated carbocycles. The van der Waals surface area contributed by atoms with Crippen molar-refractivity contribution in [2.75, 3.05) is 5.73 Å². The maximum atomic E-state index is 13.2. The van der Waals surface area contributed by atoms with E-state index < -0.39 is 5.82 Å². The SMILES string of the molecule is Cn1ccc(-c2ccc(N)c(F)c2)cc1=O. The minimum absolute atomic E-state index is 0.104. The van der Waals surface area contributed by atoms with Gasteiger partial charge in [-0.3, -0.25) is 4.79 Å². The van der Waals surface area contributed by atoms with Crippen LogP contribution in [0.5, 0.6) is 0 Å². The van der Waals surface area contributed by atoms with Gasteiger partial charge in [0.25, 0.3) is 5.56 Å². The van der Waals surface area contributed by atoms with Crippen LogP contribution in [0.4, 0.5) is 10.1 Å². The van der Waals surface area contributed by atoms with Gasteiger partial charge in [0.1, 0.15) is 5.82 Å². The van der Waals surface area contributed by atoms with Crippen LogP contribution in [0.3, 0.4) is 0 Å². The van der Waals surface area contributed by atoms with E-state index in [2.05, 4.69) is 0 Å². The minimum atomic E-state index is -0.474. The van der Waals surface area contributed by atoms with E-state index >= 15 is 0 Å². The van der Waals surface area contributed by atoms with Crippen LogP contribution in [-0.4, -0.2) is 4.57 Å². The average molecular weight is 218 g/mol. The second kappa shape index (κ2) is 3.81. The average Bonchev–Trinajstić information content (AvgIpc) is 2.26. The Hall–Kier alpha value is -2.10. The van der Waals surface area contributed by atoms with Crippen molar-refractivity contribution >= 4 is 5.69 Å². The Bertz CT molecular complexity index is 590. The first-order chi connectivity index (χ1) is 7.58. The van der Waals surface area contributed by atoms with Crippen LogP contribution in [-0.2, 0) is 7.05 Å². The maximum Gasteiger partial charge on any atom is 0.250 e. The van der Waals surface area contributed by atoms with Crippen molar-refractivity contribution < 1.29 is 4.39 Å². The van der Waals surface area contributed by atoms with Gasteiger partial charge in [-0.15, -0.1) is 0 Å². The summed E-state index contributed by atoms with van der Waals surface area (Å²) in [6.45, 7) is 0. The molecule has 0 saturated heterocycles.